The predicted molar refractivity (Wildman–Crippen MR) is 79.0 cm³/mol. The second-order valence-electron chi connectivity index (χ2n) is 4.70. The van der Waals surface area contributed by atoms with Crippen LogP contribution in [-0.4, -0.2) is 18.0 Å². The number of anilines is 1. The highest BCUT2D eigenvalue weighted by Crippen LogP contribution is 2.21. The molecule has 3 heteroatoms. The van der Waals surface area contributed by atoms with E-state index >= 15 is 0 Å². The minimum atomic E-state index is 0.753. The Kier molecular flexibility index (Phi) is 6.00. The normalized spacial score (nSPS) is 13.0. The van der Waals surface area contributed by atoms with E-state index in [4.69, 9.17) is 5.73 Å². The number of hydrogen-bond acceptors (Lipinski definition) is 2. The van der Waals surface area contributed by atoms with Gasteiger partial charge in [0, 0.05) is 23.2 Å². The number of halogens is 1. The minimum Gasteiger partial charge on any atom is -0.398 e. The Morgan fingerprint density at radius 1 is 1.35 bits per heavy atom. The molecule has 1 unspecified atom stereocenters. The van der Waals surface area contributed by atoms with Crippen LogP contribution in [-0.2, 0) is 6.54 Å². The second-order valence-corrected chi connectivity index (χ2v) is 5.55. The molecule has 0 heterocycles. The maximum atomic E-state index is 5.90. The summed E-state index contributed by atoms with van der Waals surface area (Å²) >= 11 is 3.43. The van der Waals surface area contributed by atoms with Crippen molar-refractivity contribution in [1.82, 2.24) is 4.90 Å². The largest absolute Gasteiger partial charge is 0.398 e. The molecule has 0 spiro atoms. The monoisotopic (exact) mass is 298 g/mol. The van der Waals surface area contributed by atoms with Crippen molar-refractivity contribution in [1.29, 1.82) is 0 Å². The highest BCUT2D eigenvalue weighted by molar-refractivity contribution is 9.10. The fourth-order valence-electron chi connectivity index (χ4n) is 1.83. The summed E-state index contributed by atoms with van der Waals surface area (Å²) in [7, 11) is 0. The van der Waals surface area contributed by atoms with Crippen molar-refractivity contribution in [2.45, 2.75) is 33.7 Å². The first-order valence-corrected chi connectivity index (χ1v) is 7.12. The summed E-state index contributed by atoms with van der Waals surface area (Å²) in [6, 6.07) is 6.23. The number of hydrogen-bond donors (Lipinski definition) is 1. The van der Waals surface area contributed by atoms with Crippen molar-refractivity contribution in [2.75, 3.05) is 18.8 Å². The predicted octanol–water partition coefficient (Wildman–Crippen LogP) is 3.90. The molecule has 1 aromatic rings. The quantitative estimate of drug-likeness (QED) is 0.807. The van der Waals surface area contributed by atoms with E-state index in [2.05, 4.69) is 53.7 Å². The Bertz CT molecular complexity index is 352. The van der Waals surface area contributed by atoms with Crippen LogP contribution < -0.4 is 5.73 Å². The molecule has 1 aromatic carbocycles. The highest BCUT2D eigenvalue weighted by atomic mass is 79.9. The summed E-state index contributed by atoms with van der Waals surface area (Å²) in [5.41, 5.74) is 8.01. The SMILES string of the molecule is CCC(C)CN(CC)Cc1ccc(Br)c(N)c1. The Labute approximate surface area is 113 Å². The maximum absolute atomic E-state index is 5.90. The van der Waals surface area contributed by atoms with E-state index < -0.39 is 0 Å². The van der Waals surface area contributed by atoms with E-state index in [9.17, 15) is 0 Å². The van der Waals surface area contributed by atoms with Gasteiger partial charge in [-0.1, -0.05) is 33.3 Å². The van der Waals surface area contributed by atoms with E-state index in [1.54, 1.807) is 0 Å². The Morgan fingerprint density at radius 3 is 2.59 bits per heavy atom. The van der Waals surface area contributed by atoms with Crippen LogP contribution in [0.15, 0.2) is 22.7 Å². The summed E-state index contributed by atoms with van der Waals surface area (Å²) in [6.45, 7) is 9.99. The molecule has 0 aromatic heterocycles. The lowest BCUT2D eigenvalue weighted by Crippen LogP contribution is -2.27. The maximum Gasteiger partial charge on any atom is 0.0461 e. The number of nitrogens with zero attached hydrogens (tertiary/aromatic N) is 1. The van der Waals surface area contributed by atoms with E-state index in [1.165, 1.54) is 12.0 Å². The molecular weight excluding hydrogens is 276 g/mol. The van der Waals surface area contributed by atoms with E-state index in [-0.39, 0.29) is 0 Å². The van der Waals surface area contributed by atoms with Gasteiger partial charge in [0.15, 0.2) is 0 Å². The van der Waals surface area contributed by atoms with Crippen molar-refractivity contribution in [3.63, 3.8) is 0 Å². The molecule has 0 saturated carbocycles. The second kappa shape index (κ2) is 7.02. The molecule has 0 amide bonds. The van der Waals surface area contributed by atoms with Crippen molar-refractivity contribution in [2.24, 2.45) is 5.92 Å². The van der Waals surface area contributed by atoms with Gasteiger partial charge >= 0.3 is 0 Å². The lowest BCUT2D eigenvalue weighted by Gasteiger charge is -2.24. The number of rotatable bonds is 6. The van der Waals surface area contributed by atoms with Crippen molar-refractivity contribution in [3.8, 4) is 0 Å². The van der Waals surface area contributed by atoms with Gasteiger partial charge < -0.3 is 5.73 Å². The average Bonchev–Trinajstić information content (AvgIpc) is 2.32. The third kappa shape index (κ3) is 4.68. The fraction of sp³-hybridized carbons (Fsp3) is 0.571. The van der Waals surface area contributed by atoms with Crippen LogP contribution in [0.4, 0.5) is 5.69 Å². The van der Waals surface area contributed by atoms with Gasteiger partial charge in [0.05, 0.1) is 0 Å². The Hall–Kier alpha value is -0.540. The minimum absolute atomic E-state index is 0.753. The van der Waals surface area contributed by atoms with Gasteiger partial charge in [-0.25, -0.2) is 0 Å². The first kappa shape index (κ1) is 14.5. The first-order chi connectivity index (χ1) is 8.06. The Balaban J connectivity index is 2.63. The van der Waals surface area contributed by atoms with Crippen LogP contribution in [0.25, 0.3) is 0 Å². The van der Waals surface area contributed by atoms with Gasteiger partial charge in [0.2, 0.25) is 0 Å². The topological polar surface area (TPSA) is 29.3 Å². The molecule has 0 aliphatic carbocycles. The van der Waals surface area contributed by atoms with Gasteiger partial charge in [-0.2, -0.15) is 0 Å². The van der Waals surface area contributed by atoms with Gasteiger partial charge in [0.25, 0.3) is 0 Å². The molecule has 2 N–H and O–H groups in total. The van der Waals surface area contributed by atoms with Crippen LogP contribution in [0.5, 0.6) is 0 Å². The average molecular weight is 299 g/mol. The smallest absolute Gasteiger partial charge is 0.0461 e. The third-order valence-corrected chi connectivity index (χ3v) is 3.90. The lowest BCUT2D eigenvalue weighted by molar-refractivity contribution is 0.238. The van der Waals surface area contributed by atoms with E-state index in [1.807, 2.05) is 6.07 Å². The molecule has 0 aliphatic rings. The van der Waals surface area contributed by atoms with Crippen molar-refractivity contribution < 1.29 is 0 Å². The van der Waals surface area contributed by atoms with Crippen molar-refractivity contribution in [3.05, 3.63) is 28.2 Å². The van der Waals surface area contributed by atoms with Crippen LogP contribution in [0.1, 0.15) is 32.8 Å². The zero-order chi connectivity index (χ0) is 12.8. The van der Waals surface area contributed by atoms with Gasteiger partial charge in [0.1, 0.15) is 0 Å². The van der Waals surface area contributed by atoms with Crippen LogP contribution in [0, 0.1) is 5.92 Å². The number of benzene rings is 1. The van der Waals surface area contributed by atoms with Gasteiger partial charge in [-0.3, -0.25) is 4.90 Å². The summed E-state index contributed by atoms with van der Waals surface area (Å²) in [6.07, 6.45) is 1.24. The molecule has 2 nitrogen and oxygen atoms in total. The molecule has 0 bridgehead atoms. The fourth-order valence-corrected chi connectivity index (χ4v) is 2.07. The molecule has 17 heavy (non-hydrogen) atoms. The van der Waals surface area contributed by atoms with Crippen molar-refractivity contribution >= 4 is 21.6 Å². The van der Waals surface area contributed by atoms with E-state index in [0.717, 1.165) is 35.7 Å². The standard InChI is InChI=1S/C14H23BrN2/c1-4-11(3)9-17(5-2)10-12-6-7-13(15)14(16)8-12/h6-8,11H,4-5,9-10,16H2,1-3H3. The summed E-state index contributed by atoms with van der Waals surface area (Å²) < 4.78 is 0.978. The summed E-state index contributed by atoms with van der Waals surface area (Å²) in [4.78, 5) is 2.47. The molecule has 0 saturated heterocycles. The molecule has 1 atom stereocenters. The van der Waals surface area contributed by atoms with Gasteiger partial charge in [-0.05, 0) is 46.1 Å². The third-order valence-electron chi connectivity index (χ3n) is 3.18. The number of nitrogen functional groups attached to an aromatic ring is 1. The molecule has 96 valence electrons. The van der Waals surface area contributed by atoms with Crippen LogP contribution in [0.3, 0.4) is 0 Å². The first-order valence-electron chi connectivity index (χ1n) is 6.33. The van der Waals surface area contributed by atoms with Gasteiger partial charge in [-0.15, -0.1) is 0 Å². The molecule has 0 fully saturated rings. The summed E-state index contributed by atoms with van der Waals surface area (Å²) in [5.74, 6) is 0.753. The zero-order valence-corrected chi connectivity index (χ0v) is 12.6. The van der Waals surface area contributed by atoms with E-state index in [0.29, 0.717) is 0 Å². The molecule has 0 aliphatic heterocycles. The molecule has 0 radical (unpaired) electrons. The Morgan fingerprint density at radius 2 is 2.06 bits per heavy atom. The molecular formula is C14H23BrN2. The zero-order valence-electron chi connectivity index (χ0n) is 11.0. The van der Waals surface area contributed by atoms with Crippen LogP contribution in [0.2, 0.25) is 0 Å². The summed E-state index contributed by atoms with van der Waals surface area (Å²) in [5, 5.41) is 0. The lowest BCUT2D eigenvalue weighted by atomic mass is 10.1. The highest BCUT2D eigenvalue weighted by Gasteiger charge is 2.08. The number of nitrogens with two attached hydrogens (primary N) is 1. The molecule has 1 rings (SSSR count). The van der Waals surface area contributed by atoms with Crippen LogP contribution >= 0.6 is 15.9 Å².